The molecule has 2 aromatic rings. The Morgan fingerprint density at radius 1 is 1.00 bits per heavy atom. The normalized spacial score (nSPS) is 17.7. The van der Waals surface area contributed by atoms with Gasteiger partial charge in [-0.15, -0.1) is 0 Å². The maximum atomic E-state index is 13.7. The Kier molecular flexibility index (Phi) is 7.28. The topological polar surface area (TPSA) is 126 Å². The molecule has 3 heterocycles. The lowest BCUT2D eigenvalue weighted by atomic mass is 9.97. The molecule has 2 aliphatic rings. The van der Waals surface area contributed by atoms with Gasteiger partial charge in [0.25, 0.3) is 5.91 Å². The second-order valence-electron chi connectivity index (χ2n) is 9.29. The number of aromatic nitrogens is 1. The SMILES string of the molecule is Cc1[nH]c(C)c(S(=O)(=O)N2CCC(C(=O)Nc3ccc(C#N)cc3)CC2)c1C(=O)N1CCCCC1. The van der Waals surface area contributed by atoms with Crippen LogP contribution in [0.1, 0.15) is 59.4 Å². The summed E-state index contributed by atoms with van der Waals surface area (Å²) < 4.78 is 28.7. The van der Waals surface area contributed by atoms with Crippen molar-refractivity contribution < 1.29 is 18.0 Å². The van der Waals surface area contributed by atoms with E-state index in [1.54, 1.807) is 43.0 Å². The monoisotopic (exact) mass is 497 g/mol. The van der Waals surface area contributed by atoms with Crippen molar-refractivity contribution in [1.82, 2.24) is 14.2 Å². The third-order valence-electron chi connectivity index (χ3n) is 6.88. The lowest BCUT2D eigenvalue weighted by Gasteiger charge is -2.31. The van der Waals surface area contributed by atoms with Crippen LogP contribution in [0, 0.1) is 31.1 Å². The van der Waals surface area contributed by atoms with Crippen molar-refractivity contribution in [3.05, 3.63) is 46.8 Å². The van der Waals surface area contributed by atoms with Gasteiger partial charge in [-0.3, -0.25) is 9.59 Å². The minimum Gasteiger partial charge on any atom is -0.361 e. The standard InChI is InChI=1S/C25H31N5O4S/c1-17-22(25(32)29-12-4-3-5-13-29)23(18(2)27-17)35(33,34)30-14-10-20(11-15-30)24(31)28-21-8-6-19(16-26)7-9-21/h6-9,20,27H,3-5,10-15H2,1-2H3,(H,28,31). The molecule has 0 unspecified atom stereocenters. The van der Waals surface area contributed by atoms with Crippen molar-refractivity contribution in [2.75, 3.05) is 31.5 Å². The number of H-pyrrole nitrogens is 1. The lowest BCUT2D eigenvalue weighted by Crippen LogP contribution is -2.42. The molecule has 0 spiro atoms. The van der Waals surface area contributed by atoms with Crippen LogP contribution in [0.5, 0.6) is 0 Å². The van der Waals surface area contributed by atoms with Gasteiger partial charge in [0.15, 0.2) is 0 Å². The van der Waals surface area contributed by atoms with Crippen LogP contribution in [-0.2, 0) is 14.8 Å². The Bertz CT molecular complexity index is 1250. The number of benzene rings is 1. The maximum Gasteiger partial charge on any atom is 0.257 e. The molecule has 9 nitrogen and oxygen atoms in total. The number of hydrogen-bond acceptors (Lipinski definition) is 5. The smallest absolute Gasteiger partial charge is 0.257 e. The molecule has 0 aliphatic carbocycles. The number of nitrogens with one attached hydrogen (secondary N) is 2. The average Bonchev–Trinajstić information content (AvgIpc) is 3.18. The molecule has 0 atom stereocenters. The van der Waals surface area contributed by atoms with Crippen LogP contribution in [0.3, 0.4) is 0 Å². The van der Waals surface area contributed by atoms with Crippen LogP contribution >= 0.6 is 0 Å². The van der Waals surface area contributed by atoms with E-state index in [0.29, 0.717) is 48.6 Å². The zero-order valence-electron chi connectivity index (χ0n) is 20.1. The van der Waals surface area contributed by atoms with Crippen molar-refractivity contribution in [3.63, 3.8) is 0 Å². The first-order valence-corrected chi connectivity index (χ1v) is 13.5. The molecular weight excluding hydrogens is 466 g/mol. The zero-order valence-corrected chi connectivity index (χ0v) is 21.0. The van der Waals surface area contributed by atoms with Gasteiger partial charge in [-0.1, -0.05) is 0 Å². The minimum atomic E-state index is -3.91. The van der Waals surface area contributed by atoms with Crippen molar-refractivity contribution in [1.29, 1.82) is 5.26 Å². The molecule has 2 amide bonds. The molecule has 0 bridgehead atoms. The summed E-state index contributed by atoms with van der Waals surface area (Å²) in [5, 5.41) is 11.8. The van der Waals surface area contributed by atoms with Gasteiger partial charge in [0.05, 0.1) is 17.2 Å². The number of carbonyl (C=O) groups excluding carboxylic acids is 2. The van der Waals surface area contributed by atoms with Crippen molar-refractivity contribution in [2.45, 2.75) is 50.8 Å². The van der Waals surface area contributed by atoms with Crippen LogP contribution < -0.4 is 5.32 Å². The fourth-order valence-electron chi connectivity index (χ4n) is 4.95. The van der Waals surface area contributed by atoms with E-state index in [2.05, 4.69) is 10.3 Å². The number of aryl methyl sites for hydroxylation is 2. The first-order valence-electron chi connectivity index (χ1n) is 12.0. The van der Waals surface area contributed by atoms with E-state index < -0.39 is 10.0 Å². The molecule has 2 N–H and O–H groups in total. The number of aromatic amines is 1. The van der Waals surface area contributed by atoms with E-state index >= 15 is 0 Å². The highest BCUT2D eigenvalue weighted by Crippen LogP contribution is 2.31. The number of rotatable bonds is 5. The number of piperidine rings is 2. The number of nitrogens with zero attached hydrogens (tertiary/aromatic N) is 3. The molecule has 2 aliphatic heterocycles. The molecule has 186 valence electrons. The highest BCUT2D eigenvalue weighted by atomic mass is 32.2. The summed E-state index contributed by atoms with van der Waals surface area (Å²) >= 11 is 0. The summed E-state index contributed by atoms with van der Waals surface area (Å²) in [4.78, 5) is 30.9. The summed E-state index contributed by atoms with van der Waals surface area (Å²) in [5.74, 6) is -0.719. The quantitative estimate of drug-likeness (QED) is 0.656. The lowest BCUT2D eigenvalue weighted by molar-refractivity contribution is -0.120. The second-order valence-corrected chi connectivity index (χ2v) is 11.2. The van der Waals surface area contributed by atoms with Crippen LogP contribution in [0.15, 0.2) is 29.2 Å². The predicted octanol–water partition coefficient (Wildman–Crippen LogP) is 3.17. The van der Waals surface area contributed by atoms with Crippen molar-refractivity contribution in [2.24, 2.45) is 5.92 Å². The zero-order chi connectivity index (χ0) is 25.2. The van der Waals surface area contributed by atoms with Crippen LogP contribution in [0.2, 0.25) is 0 Å². The van der Waals surface area contributed by atoms with E-state index in [0.717, 1.165) is 19.3 Å². The third kappa shape index (κ3) is 5.11. The summed E-state index contributed by atoms with van der Waals surface area (Å²) in [6.45, 7) is 5.11. The first kappa shape index (κ1) is 24.9. The average molecular weight is 498 g/mol. The summed E-state index contributed by atoms with van der Waals surface area (Å²) in [6.07, 6.45) is 3.70. The molecule has 2 fully saturated rings. The van der Waals surface area contributed by atoms with E-state index in [1.807, 2.05) is 6.07 Å². The van der Waals surface area contributed by atoms with Crippen LogP contribution in [0.25, 0.3) is 0 Å². The Hall–Kier alpha value is -3.16. The van der Waals surface area contributed by atoms with Crippen LogP contribution in [0.4, 0.5) is 5.69 Å². The number of amides is 2. The van der Waals surface area contributed by atoms with E-state index in [9.17, 15) is 18.0 Å². The summed E-state index contributed by atoms with van der Waals surface area (Å²) in [7, 11) is -3.91. The van der Waals surface area contributed by atoms with Gasteiger partial charge in [0.2, 0.25) is 15.9 Å². The molecule has 10 heteroatoms. The number of sulfonamides is 1. The van der Waals surface area contributed by atoms with Gasteiger partial charge in [0.1, 0.15) is 4.90 Å². The van der Waals surface area contributed by atoms with E-state index in [4.69, 9.17) is 5.26 Å². The number of hydrogen-bond donors (Lipinski definition) is 2. The van der Waals surface area contributed by atoms with Gasteiger partial charge < -0.3 is 15.2 Å². The van der Waals surface area contributed by atoms with Crippen molar-refractivity contribution >= 4 is 27.5 Å². The number of likely N-dealkylation sites (tertiary alicyclic amines) is 1. The largest absolute Gasteiger partial charge is 0.361 e. The first-order chi connectivity index (χ1) is 16.7. The fraction of sp³-hybridized carbons (Fsp3) is 0.480. The molecule has 1 aromatic carbocycles. The van der Waals surface area contributed by atoms with Gasteiger partial charge >= 0.3 is 0 Å². The van der Waals surface area contributed by atoms with E-state index in [1.165, 1.54) is 4.31 Å². The molecule has 0 saturated carbocycles. The van der Waals surface area contributed by atoms with Gasteiger partial charge in [-0.25, -0.2) is 8.42 Å². The number of nitriles is 1. The molecule has 1 aromatic heterocycles. The maximum absolute atomic E-state index is 13.7. The van der Waals surface area contributed by atoms with Gasteiger partial charge in [0, 0.05) is 49.2 Å². The number of carbonyl (C=O) groups is 2. The summed E-state index contributed by atoms with van der Waals surface area (Å²) in [6, 6.07) is 8.65. The minimum absolute atomic E-state index is 0.0612. The summed E-state index contributed by atoms with van der Waals surface area (Å²) in [5.41, 5.74) is 2.38. The Morgan fingerprint density at radius 2 is 1.63 bits per heavy atom. The third-order valence-corrected chi connectivity index (χ3v) is 8.95. The number of anilines is 1. The van der Waals surface area contributed by atoms with Crippen LogP contribution in [-0.4, -0.2) is 60.6 Å². The van der Waals surface area contributed by atoms with Crippen molar-refractivity contribution in [3.8, 4) is 6.07 Å². The molecule has 2 saturated heterocycles. The molecular formula is C25H31N5O4S. The van der Waals surface area contributed by atoms with Gasteiger partial charge in [-0.05, 0) is 70.2 Å². The highest BCUT2D eigenvalue weighted by molar-refractivity contribution is 7.89. The van der Waals surface area contributed by atoms with E-state index in [-0.39, 0.29) is 41.3 Å². The molecule has 4 rings (SSSR count). The Morgan fingerprint density at radius 3 is 2.23 bits per heavy atom. The second kappa shape index (κ2) is 10.2. The fourth-order valence-corrected chi connectivity index (χ4v) is 6.84. The Labute approximate surface area is 206 Å². The highest BCUT2D eigenvalue weighted by Gasteiger charge is 2.38. The Balaban J connectivity index is 1.46. The molecule has 0 radical (unpaired) electrons. The molecule has 35 heavy (non-hydrogen) atoms. The predicted molar refractivity (Wildman–Crippen MR) is 131 cm³/mol. The van der Waals surface area contributed by atoms with Gasteiger partial charge in [-0.2, -0.15) is 9.57 Å².